The van der Waals surface area contributed by atoms with Crippen LogP contribution >= 0.6 is 0 Å². The van der Waals surface area contributed by atoms with Crippen LogP contribution in [0.4, 0.5) is 13.2 Å². The molecular weight excluding hydrogens is 263 g/mol. The Balaban J connectivity index is 2.49. The molecule has 1 amide bonds. The van der Waals surface area contributed by atoms with Crippen LogP contribution in [-0.4, -0.2) is 31.8 Å². The molecule has 0 radical (unpaired) electrons. The van der Waals surface area contributed by atoms with Crippen LogP contribution in [0.5, 0.6) is 11.5 Å². The van der Waals surface area contributed by atoms with Crippen LogP contribution in [0.3, 0.4) is 0 Å². The number of hydrogen-bond donors (Lipinski definition) is 1. The maximum absolute atomic E-state index is 11.9. The number of carbonyl (C=O) groups excluding carboxylic acids is 1. The van der Waals surface area contributed by atoms with Crippen molar-refractivity contribution in [3.63, 3.8) is 0 Å². The van der Waals surface area contributed by atoms with Gasteiger partial charge in [-0.2, -0.15) is 13.2 Å². The van der Waals surface area contributed by atoms with Crippen LogP contribution in [0, 0.1) is 0 Å². The Bertz CT molecular complexity index is 417. The number of rotatable bonds is 5. The molecule has 0 bridgehead atoms. The maximum atomic E-state index is 11.9. The first-order chi connectivity index (χ1) is 8.81. The second-order valence-electron chi connectivity index (χ2n) is 3.77. The molecule has 1 atom stereocenters. The topological polar surface area (TPSA) is 47.6 Å². The van der Waals surface area contributed by atoms with Crippen molar-refractivity contribution in [3.05, 3.63) is 24.3 Å². The Morgan fingerprint density at radius 2 is 1.79 bits per heavy atom. The number of ether oxygens (including phenoxy) is 2. The summed E-state index contributed by atoms with van der Waals surface area (Å²) >= 11 is 0. The molecule has 0 unspecified atom stereocenters. The van der Waals surface area contributed by atoms with Gasteiger partial charge >= 0.3 is 6.18 Å². The predicted molar refractivity (Wildman–Crippen MR) is 62.1 cm³/mol. The Labute approximate surface area is 108 Å². The van der Waals surface area contributed by atoms with Gasteiger partial charge in [-0.3, -0.25) is 4.79 Å². The lowest BCUT2D eigenvalue weighted by Gasteiger charge is -2.15. The third-order valence-electron chi connectivity index (χ3n) is 2.20. The van der Waals surface area contributed by atoms with Crippen molar-refractivity contribution >= 4 is 5.91 Å². The highest BCUT2D eigenvalue weighted by Crippen LogP contribution is 2.18. The maximum Gasteiger partial charge on any atom is 0.405 e. The number of benzene rings is 1. The number of nitrogens with one attached hydrogen (secondary N) is 1. The highest BCUT2D eigenvalue weighted by molar-refractivity contribution is 5.80. The molecule has 1 rings (SSSR count). The van der Waals surface area contributed by atoms with Crippen molar-refractivity contribution in [2.24, 2.45) is 0 Å². The molecule has 0 saturated carbocycles. The molecule has 0 aliphatic carbocycles. The first-order valence-electron chi connectivity index (χ1n) is 5.47. The van der Waals surface area contributed by atoms with Crippen molar-refractivity contribution in [1.29, 1.82) is 0 Å². The van der Waals surface area contributed by atoms with Gasteiger partial charge in [-0.1, -0.05) is 0 Å². The van der Waals surface area contributed by atoms with E-state index in [-0.39, 0.29) is 0 Å². The fourth-order valence-electron chi connectivity index (χ4n) is 1.24. The first kappa shape index (κ1) is 15.1. The van der Waals surface area contributed by atoms with Gasteiger partial charge in [-0.25, -0.2) is 0 Å². The van der Waals surface area contributed by atoms with Crippen LogP contribution in [0.15, 0.2) is 24.3 Å². The largest absolute Gasteiger partial charge is 0.497 e. The third-order valence-corrected chi connectivity index (χ3v) is 2.20. The molecule has 0 heterocycles. The Kier molecular flexibility index (Phi) is 5.02. The van der Waals surface area contributed by atoms with Crippen LogP contribution in [0.1, 0.15) is 6.92 Å². The second kappa shape index (κ2) is 6.31. The fourth-order valence-corrected chi connectivity index (χ4v) is 1.24. The fraction of sp³-hybridized carbons (Fsp3) is 0.417. The zero-order chi connectivity index (χ0) is 14.5. The summed E-state index contributed by atoms with van der Waals surface area (Å²) in [5.74, 6) is 0.158. The molecular formula is C12H14F3NO3. The first-order valence-corrected chi connectivity index (χ1v) is 5.47. The van der Waals surface area contributed by atoms with Crippen LogP contribution in [0.2, 0.25) is 0 Å². The number of hydrogen-bond acceptors (Lipinski definition) is 3. The van der Waals surface area contributed by atoms with Crippen molar-refractivity contribution in [2.75, 3.05) is 13.7 Å². The Morgan fingerprint density at radius 1 is 1.26 bits per heavy atom. The summed E-state index contributed by atoms with van der Waals surface area (Å²) in [5, 5.41) is 1.75. The van der Waals surface area contributed by atoms with E-state index < -0.39 is 24.7 Å². The standard InChI is InChI=1S/C12H14F3NO3/c1-8(11(17)16-7-12(13,14)15)19-10-5-3-9(18-2)4-6-10/h3-6,8H,7H2,1-2H3,(H,16,17)/t8-/m1/s1. The molecule has 1 aromatic rings. The van der Waals surface area contributed by atoms with Crippen molar-refractivity contribution in [2.45, 2.75) is 19.2 Å². The van der Waals surface area contributed by atoms with E-state index in [1.807, 2.05) is 0 Å². The Hall–Kier alpha value is -1.92. The number of carbonyl (C=O) groups is 1. The van der Waals surface area contributed by atoms with E-state index in [1.165, 1.54) is 14.0 Å². The van der Waals surface area contributed by atoms with Crippen LogP contribution in [0.25, 0.3) is 0 Å². The molecule has 0 aliphatic rings. The summed E-state index contributed by atoms with van der Waals surface area (Å²) in [6.45, 7) is -0.00190. The summed E-state index contributed by atoms with van der Waals surface area (Å²) < 4.78 is 45.9. The summed E-state index contributed by atoms with van der Waals surface area (Å²) in [6.07, 6.45) is -5.45. The van der Waals surface area contributed by atoms with E-state index in [2.05, 4.69) is 0 Å². The molecule has 0 spiro atoms. The van der Waals surface area contributed by atoms with Gasteiger partial charge in [0.1, 0.15) is 18.0 Å². The van der Waals surface area contributed by atoms with Crippen LogP contribution < -0.4 is 14.8 Å². The van der Waals surface area contributed by atoms with Gasteiger partial charge in [0.15, 0.2) is 6.10 Å². The van der Waals surface area contributed by atoms with E-state index in [1.54, 1.807) is 29.6 Å². The highest BCUT2D eigenvalue weighted by Gasteiger charge is 2.29. The summed E-state index contributed by atoms with van der Waals surface area (Å²) in [7, 11) is 1.50. The lowest BCUT2D eigenvalue weighted by molar-refractivity contribution is -0.142. The second-order valence-corrected chi connectivity index (χ2v) is 3.77. The predicted octanol–water partition coefficient (Wildman–Crippen LogP) is 2.14. The number of halogens is 3. The average Bonchev–Trinajstić information content (AvgIpc) is 2.36. The third kappa shape index (κ3) is 5.50. The van der Waals surface area contributed by atoms with Gasteiger partial charge in [0.2, 0.25) is 0 Å². The van der Waals surface area contributed by atoms with Crippen LogP contribution in [-0.2, 0) is 4.79 Å². The average molecular weight is 277 g/mol. The minimum Gasteiger partial charge on any atom is -0.497 e. The van der Waals surface area contributed by atoms with Gasteiger partial charge in [-0.15, -0.1) is 0 Å². The quantitative estimate of drug-likeness (QED) is 0.897. The monoisotopic (exact) mass is 277 g/mol. The van der Waals surface area contributed by atoms with Gasteiger partial charge in [0.25, 0.3) is 5.91 Å². The van der Waals surface area contributed by atoms with Gasteiger partial charge in [-0.05, 0) is 31.2 Å². The summed E-state index contributed by atoms with van der Waals surface area (Å²) in [4.78, 5) is 11.4. The molecule has 4 nitrogen and oxygen atoms in total. The van der Waals surface area contributed by atoms with E-state index in [4.69, 9.17) is 9.47 Å². The lowest BCUT2D eigenvalue weighted by Crippen LogP contribution is -2.41. The smallest absolute Gasteiger partial charge is 0.405 e. The van der Waals surface area contributed by atoms with E-state index in [0.717, 1.165) is 0 Å². The zero-order valence-electron chi connectivity index (χ0n) is 10.5. The zero-order valence-corrected chi connectivity index (χ0v) is 10.5. The lowest BCUT2D eigenvalue weighted by atomic mass is 10.3. The molecule has 0 saturated heterocycles. The number of amides is 1. The van der Waals surface area contributed by atoms with Gasteiger partial charge in [0, 0.05) is 0 Å². The van der Waals surface area contributed by atoms with Crippen molar-refractivity contribution < 1.29 is 27.4 Å². The molecule has 1 N–H and O–H groups in total. The van der Waals surface area contributed by atoms with Crippen molar-refractivity contribution in [1.82, 2.24) is 5.32 Å². The Morgan fingerprint density at radius 3 is 2.26 bits per heavy atom. The minimum absolute atomic E-state index is 0.371. The van der Waals surface area contributed by atoms with E-state index in [9.17, 15) is 18.0 Å². The van der Waals surface area contributed by atoms with E-state index in [0.29, 0.717) is 11.5 Å². The number of alkyl halides is 3. The molecule has 1 aromatic carbocycles. The van der Waals surface area contributed by atoms with Gasteiger partial charge < -0.3 is 14.8 Å². The molecule has 0 aromatic heterocycles. The molecule has 7 heteroatoms. The summed E-state index contributed by atoms with van der Waals surface area (Å²) in [6, 6.07) is 6.37. The molecule has 19 heavy (non-hydrogen) atoms. The molecule has 106 valence electrons. The van der Waals surface area contributed by atoms with E-state index >= 15 is 0 Å². The van der Waals surface area contributed by atoms with Gasteiger partial charge in [0.05, 0.1) is 7.11 Å². The minimum atomic E-state index is -4.44. The SMILES string of the molecule is COc1ccc(O[C@H](C)C(=O)NCC(F)(F)F)cc1. The number of methoxy groups -OCH3 is 1. The summed E-state index contributed by atoms with van der Waals surface area (Å²) in [5.41, 5.74) is 0. The highest BCUT2D eigenvalue weighted by atomic mass is 19.4. The molecule has 0 fully saturated rings. The normalized spacial score (nSPS) is 12.7. The van der Waals surface area contributed by atoms with Crippen molar-refractivity contribution in [3.8, 4) is 11.5 Å². The molecule has 0 aliphatic heterocycles.